The van der Waals surface area contributed by atoms with E-state index in [2.05, 4.69) is 55.5 Å². The van der Waals surface area contributed by atoms with Crippen molar-refractivity contribution in [3.63, 3.8) is 0 Å². The SMILES string of the molecule is CCn1cc(-c2n[nH]c3ccc(-c4nnc([C@@H]5CCCN(Cc6cc7ccccc7o6)C5)o4)cc23)cn1. The Hall–Kier alpha value is -4.24. The van der Waals surface area contributed by atoms with Crippen molar-refractivity contribution in [1.82, 2.24) is 35.1 Å². The number of H-pyrrole nitrogens is 1. The van der Waals surface area contributed by atoms with Crippen molar-refractivity contribution >= 4 is 21.9 Å². The molecule has 0 saturated carbocycles. The van der Waals surface area contributed by atoms with Crippen molar-refractivity contribution in [1.29, 1.82) is 0 Å². The Bertz CT molecular complexity index is 1660. The van der Waals surface area contributed by atoms with E-state index in [-0.39, 0.29) is 5.92 Å². The first-order valence-corrected chi connectivity index (χ1v) is 12.8. The number of rotatable bonds is 6. The largest absolute Gasteiger partial charge is 0.460 e. The number of aryl methyl sites for hydroxylation is 1. The molecule has 0 unspecified atom stereocenters. The third kappa shape index (κ3) is 4.11. The number of hydrogen-bond acceptors (Lipinski definition) is 7. The molecule has 0 bridgehead atoms. The number of furan rings is 1. The summed E-state index contributed by atoms with van der Waals surface area (Å²) in [4.78, 5) is 2.41. The summed E-state index contributed by atoms with van der Waals surface area (Å²) in [5, 5.41) is 23.0. The first kappa shape index (κ1) is 22.0. The maximum atomic E-state index is 6.23. The summed E-state index contributed by atoms with van der Waals surface area (Å²) in [6.07, 6.45) is 5.97. The van der Waals surface area contributed by atoms with Crippen LogP contribution >= 0.6 is 0 Å². The minimum atomic E-state index is 0.201. The summed E-state index contributed by atoms with van der Waals surface area (Å²) in [5.41, 5.74) is 4.61. The van der Waals surface area contributed by atoms with E-state index in [1.54, 1.807) is 0 Å². The third-order valence-electron chi connectivity index (χ3n) is 7.19. The van der Waals surface area contributed by atoms with Gasteiger partial charge in [0, 0.05) is 41.2 Å². The highest BCUT2D eigenvalue weighted by Crippen LogP contribution is 2.33. The van der Waals surface area contributed by atoms with Crippen LogP contribution in [0.25, 0.3) is 44.6 Å². The summed E-state index contributed by atoms with van der Waals surface area (Å²) in [6, 6.07) is 16.3. The fraction of sp³-hybridized carbons (Fsp3) is 0.286. The highest BCUT2D eigenvalue weighted by Gasteiger charge is 2.27. The van der Waals surface area contributed by atoms with Gasteiger partial charge in [0.15, 0.2) is 0 Å². The number of hydrogen-bond donors (Lipinski definition) is 1. The lowest BCUT2D eigenvalue weighted by Crippen LogP contribution is -2.33. The number of nitrogens with one attached hydrogen (secondary N) is 1. The predicted molar refractivity (Wildman–Crippen MR) is 140 cm³/mol. The van der Waals surface area contributed by atoms with E-state index in [4.69, 9.17) is 8.83 Å². The van der Waals surface area contributed by atoms with Gasteiger partial charge in [0.05, 0.1) is 24.2 Å². The fourth-order valence-electron chi connectivity index (χ4n) is 5.28. The van der Waals surface area contributed by atoms with E-state index in [1.165, 1.54) is 0 Å². The Kier molecular flexibility index (Phi) is 5.35. The molecule has 1 atom stereocenters. The second kappa shape index (κ2) is 9.01. The van der Waals surface area contributed by atoms with Crippen LogP contribution in [0.1, 0.15) is 37.3 Å². The minimum Gasteiger partial charge on any atom is -0.460 e. The Morgan fingerprint density at radius 2 is 2.00 bits per heavy atom. The average molecular weight is 494 g/mol. The molecule has 1 aliphatic heterocycles. The molecule has 7 rings (SSSR count). The number of benzene rings is 2. The molecule has 0 radical (unpaired) electrons. The maximum absolute atomic E-state index is 6.23. The Balaban J connectivity index is 1.11. The number of nitrogens with zero attached hydrogens (tertiary/aromatic N) is 6. The van der Waals surface area contributed by atoms with Crippen molar-refractivity contribution in [2.24, 2.45) is 0 Å². The van der Waals surface area contributed by atoms with E-state index < -0.39 is 0 Å². The molecule has 5 heterocycles. The number of para-hydroxylation sites is 1. The second-order valence-corrected chi connectivity index (χ2v) is 9.69. The monoisotopic (exact) mass is 493 g/mol. The van der Waals surface area contributed by atoms with Crippen LogP contribution in [0.3, 0.4) is 0 Å². The lowest BCUT2D eigenvalue weighted by atomic mass is 9.98. The zero-order valence-electron chi connectivity index (χ0n) is 20.6. The van der Waals surface area contributed by atoms with Crippen LogP contribution in [0.4, 0.5) is 0 Å². The molecule has 9 nitrogen and oxygen atoms in total. The van der Waals surface area contributed by atoms with E-state index in [0.29, 0.717) is 11.8 Å². The zero-order valence-corrected chi connectivity index (χ0v) is 20.6. The molecule has 1 saturated heterocycles. The Labute approximate surface area is 213 Å². The third-order valence-corrected chi connectivity index (χ3v) is 7.19. The van der Waals surface area contributed by atoms with Gasteiger partial charge in [0.25, 0.3) is 0 Å². The molecule has 186 valence electrons. The van der Waals surface area contributed by atoms with Gasteiger partial charge >= 0.3 is 0 Å². The molecule has 0 amide bonds. The number of aromatic amines is 1. The van der Waals surface area contributed by atoms with Gasteiger partial charge in [0.1, 0.15) is 17.0 Å². The first-order chi connectivity index (χ1) is 18.2. The van der Waals surface area contributed by atoms with Crippen molar-refractivity contribution in [3.05, 3.63) is 72.6 Å². The molecule has 1 fully saturated rings. The zero-order chi connectivity index (χ0) is 24.8. The standard InChI is InChI=1S/C28H27N7O2/c1-2-35-16-21(14-29-35)26-23-13-19(9-10-24(23)30-31-26)27-32-33-28(37-27)20-7-5-11-34(15-20)17-22-12-18-6-3-4-8-25(18)36-22/h3-4,6,8-10,12-14,16,20H,2,5,7,11,15,17H2,1H3,(H,30,31)/t20-/m1/s1. The quantitative estimate of drug-likeness (QED) is 0.321. The number of piperidine rings is 1. The highest BCUT2D eigenvalue weighted by atomic mass is 16.4. The van der Waals surface area contributed by atoms with Crippen molar-refractivity contribution in [2.45, 2.75) is 38.8 Å². The lowest BCUT2D eigenvalue weighted by Gasteiger charge is -2.30. The van der Waals surface area contributed by atoms with Crippen LogP contribution in [0.15, 0.2) is 69.8 Å². The highest BCUT2D eigenvalue weighted by molar-refractivity contribution is 5.94. The summed E-state index contributed by atoms with van der Waals surface area (Å²) < 4.78 is 14.2. The van der Waals surface area contributed by atoms with E-state index in [0.717, 1.165) is 83.5 Å². The minimum absolute atomic E-state index is 0.201. The Morgan fingerprint density at radius 3 is 2.89 bits per heavy atom. The van der Waals surface area contributed by atoms with Gasteiger partial charge in [-0.25, -0.2) is 0 Å². The van der Waals surface area contributed by atoms with Crippen molar-refractivity contribution in [3.8, 4) is 22.7 Å². The van der Waals surface area contributed by atoms with Crippen LogP contribution < -0.4 is 0 Å². The fourth-order valence-corrected chi connectivity index (χ4v) is 5.28. The van der Waals surface area contributed by atoms with E-state index in [1.807, 2.05) is 47.4 Å². The molecule has 4 aromatic heterocycles. The van der Waals surface area contributed by atoms with Gasteiger partial charge < -0.3 is 8.83 Å². The molecule has 0 spiro atoms. The Morgan fingerprint density at radius 1 is 1.05 bits per heavy atom. The normalized spacial score (nSPS) is 16.7. The number of likely N-dealkylation sites (tertiary alicyclic amines) is 1. The second-order valence-electron chi connectivity index (χ2n) is 9.69. The molecule has 6 aromatic rings. The van der Waals surface area contributed by atoms with E-state index >= 15 is 0 Å². The van der Waals surface area contributed by atoms with Gasteiger partial charge in [-0.05, 0) is 56.6 Å². The summed E-state index contributed by atoms with van der Waals surface area (Å²) in [7, 11) is 0. The average Bonchev–Trinajstić information content (AvgIpc) is 3.73. The van der Waals surface area contributed by atoms with Crippen LogP contribution in [0.2, 0.25) is 0 Å². The van der Waals surface area contributed by atoms with Gasteiger partial charge in [-0.1, -0.05) is 18.2 Å². The van der Waals surface area contributed by atoms with Crippen LogP contribution in [0, 0.1) is 0 Å². The number of aromatic nitrogens is 6. The van der Waals surface area contributed by atoms with E-state index in [9.17, 15) is 0 Å². The van der Waals surface area contributed by atoms with Gasteiger partial charge in [0.2, 0.25) is 11.8 Å². The molecule has 2 aromatic carbocycles. The van der Waals surface area contributed by atoms with Crippen LogP contribution in [-0.2, 0) is 13.1 Å². The smallest absolute Gasteiger partial charge is 0.247 e. The molecule has 0 aliphatic carbocycles. The van der Waals surface area contributed by atoms with Crippen molar-refractivity contribution < 1.29 is 8.83 Å². The first-order valence-electron chi connectivity index (χ1n) is 12.8. The number of fused-ring (bicyclic) bond motifs is 2. The van der Waals surface area contributed by atoms with Gasteiger partial charge in [-0.2, -0.15) is 10.2 Å². The summed E-state index contributed by atoms with van der Waals surface area (Å²) >= 11 is 0. The van der Waals surface area contributed by atoms with Crippen molar-refractivity contribution in [2.75, 3.05) is 13.1 Å². The lowest BCUT2D eigenvalue weighted by molar-refractivity contribution is 0.176. The molecule has 37 heavy (non-hydrogen) atoms. The molecule has 1 N–H and O–H groups in total. The molecular weight excluding hydrogens is 466 g/mol. The summed E-state index contributed by atoms with van der Waals surface area (Å²) in [5.74, 6) is 2.41. The van der Waals surface area contributed by atoms with Gasteiger partial charge in [-0.15, -0.1) is 10.2 Å². The summed E-state index contributed by atoms with van der Waals surface area (Å²) in [6.45, 7) is 5.55. The van der Waals surface area contributed by atoms with Crippen LogP contribution in [-0.4, -0.2) is 48.2 Å². The maximum Gasteiger partial charge on any atom is 0.247 e. The van der Waals surface area contributed by atoms with Crippen LogP contribution in [0.5, 0.6) is 0 Å². The topological polar surface area (TPSA) is 102 Å². The molecular formula is C28H27N7O2. The molecule has 9 heteroatoms. The van der Waals surface area contributed by atoms with Gasteiger partial charge in [-0.3, -0.25) is 14.7 Å². The predicted octanol–water partition coefficient (Wildman–Crippen LogP) is 5.62. The molecule has 1 aliphatic rings.